The van der Waals surface area contributed by atoms with E-state index in [0.717, 1.165) is 34.6 Å². The topological polar surface area (TPSA) is 181 Å². The minimum absolute atomic E-state index is 0.0300. The summed E-state index contributed by atoms with van der Waals surface area (Å²) in [7, 11) is 1.35. The predicted octanol–water partition coefficient (Wildman–Crippen LogP) is 11.6. The Morgan fingerprint density at radius 3 is 2.11 bits per heavy atom. The predicted molar refractivity (Wildman–Crippen MR) is 272 cm³/mol. The van der Waals surface area contributed by atoms with Gasteiger partial charge in [0.15, 0.2) is 5.75 Å². The molecule has 1 aliphatic heterocycles. The second kappa shape index (κ2) is 20.8. The third-order valence-electron chi connectivity index (χ3n) is 13.4. The molecule has 1 heterocycles. The number of fused-ring (bicyclic) bond motifs is 1. The molecule has 15 heteroatoms. The number of nitrogens with zero attached hydrogens (tertiary/aromatic N) is 4. The highest BCUT2D eigenvalue weighted by molar-refractivity contribution is 6.08. The first kappa shape index (κ1) is 52.2. The van der Waals surface area contributed by atoms with Gasteiger partial charge in [0, 0.05) is 42.1 Å². The van der Waals surface area contributed by atoms with Gasteiger partial charge in [0.25, 0.3) is 17.5 Å². The molecular weight excluding hydrogens is 891 g/mol. The number of carbonyl (C=O) groups excluding carboxylic acids is 4. The lowest BCUT2D eigenvalue weighted by molar-refractivity contribution is -0.384. The van der Waals surface area contributed by atoms with Gasteiger partial charge in [0.2, 0.25) is 0 Å². The standard InChI is InChI=1S/C55H67N5O10/c1-12-53(6,7)36-25-27-44(42(31-36)54(8,9)13-2)68-30-20-19-29-56-48(62)41-33-46(39-23-17-18-24-40(39)47(41)61)70-45-28-26-38(60(66)67)32-43(45)57(11)51(65)59-49(63)55(10,35-69-50(64)52(3,4)5)34-58(59)37-21-15-14-16-22-37/h14-18,21-28,31-33,61H,12-13,19-20,29-30,34-35H2,1-11H3,(H,56,62). The van der Waals surface area contributed by atoms with Crippen LogP contribution in [-0.2, 0) is 25.2 Å². The zero-order chi connectivity index (χ0) is 51.3. The number of rotatable bonds is 18. The maximum absolute atomic E-state index is 14.7. The van der Waals surface area contributed by atoms with Crippen molar-refractivity contribution in [1.82, 2.24) is 10.3 Å². The maximum Gasteiger partial charge on any atom is 0.350 e. The van der Waals surface area contributed by atoms with Crippen LogP contribution >= 0.6 is 0 Å². The highest BCUT2D eigenvalue weighted by Gasteiger charge is 2.53. The molecule has 0 spiro atoms. The van der Waals surface area contributed by atoms with Crippen molar-refractivity contribution in [2.24, 2.45) is 10.8 Å². The van der Waals surface area contributed by atoms with E-state index in [9.17, 15) is 34.4 Å². The van der Waals surface area contributed by atoms with Crippen molar-refractivity contribution in [1.29, 1.82) is 0 Å². The first-order chi connectivity index (χ1) is 32.9. The molecular formula is C55H67N5O10. The van der Waals surface area contributed by atoms with Crippen molar-refractivity contribution in [2.45, 2.75) is 106 Å². The van der Waals surface area contributed by atoms with Crippen molar-refractivity contribution >= 4 is 51.6 Å². The highest BCUT2D eigenvalue weighted by Crippen LogP contribution is 2.44. The molecule has 1 aliphatic rings. The number of nitro groups is 1. The van der Waals surface area contributed by atoms with E-state index < -0.39 is 39.6 Å². The van der Waals surface area contributed by atoms with Crippen LogP contribution in [0, 0.1) is 20.9 Å². The summed E-state index contributed by atoms with van der Waals surface area (Å²) in [5.41, 5.74) is 0.158. The van der Waals surface area contributed by atoms with E-state index in [1.165, 1.54) is 41.4 Å². The molecule has 5 aromatic rings. The number of para-hydroxylation sites is 1. The fourth-order valence-corrected chi connectivity index (χ4v) is 8.00. The summed E-state index contributed by atoms with van der Waals surface area (Å²) in [6, 6.07) is 26.1. The Bertz CT molecular complexity index is 2770. The summed E-state index contributed by atoms with van der Waals surface area (Å²) in [5.74, 6) is -1.08. The number of benzene rings is 5. The van der Waals surface area contributed by atoms with E-state index in [2.05, 4.69) is 65.1 Å². The van der Waals surface area contributed by atoms with E-state index >= 15 is 0 Å². The summed E-state index contributed by atoms with van der Waals surface area (Å²) in [6.07, 6.45) is 3.19. The molecule has 1 saturated heterocycles. The number of urea groups is 1. The van der Waals surface area contributed by atoms with E-state index in [-0.39, 0.29) is 64.7 Å². The molecule has 6 rings (SSSR count). The number of anilines is 2. The number of phenols is 1. The summed E-state index contributed by atoms with van der Waals surface area (Å²) < 4.78 is 18.5. The first-order valence-corrected chi connectivity index (χ1v) is 23.8. The van der Waals surface area contributed by atoms with E-state index in [1.54, 1.807) is 82.3 Å². The van der Waals surface area contributed by atoms with Crippen LogP contribution in [0.2, 0.25) is 0 Å². The van der Waals surface area contributed by atoms with Gasteiger partial charge in [-0.15, -0.1) is 0 Å². The Kier molecular flexibility index (Phi) is 15.5. The first-order valence-electron chi connectivity index (χ1n) is 23.8. The summed E-state index contributed by atoms with van der Waals surface area (Å²) in [6.45, 7) is 20.4. The van der Waals surface area contributed by atoms with Crippen LogP contribution < -0.4 is 24.7 Å². The number of phenolic OH excluding ortho intramolecular Hbond substituents is 1. The summed E-state index contributed by atoms with van der Waals surface area (Å²) >= 11 is 0. The third kappa shape index (κ3) is 11.1. The Balaban J connectivity index is 1.23. The Morgan fingerprint density at radius 1 is 0.829 bits per heavy atom. The quantitative estimate of drug-likeness (QED) is 0.0369. The average molecular weight is 958 g/mol. The molecule has 5 aromatic carbocycles. The number of unbranched alkanes of at least 4 members (excludes halogenated alkanes) is 1. The number of carbonyl (C=O) groups is 4. The molecule has 0 aliphatic carbocycles. The van der Waals surface area contributed by atoms with Crippen LogP contribution in [0.5, 0.6) is 23.0 Å². The molecule has 372 valence electrons. The zero-order valence-corrected chi connectivity index (χ0v) is 42.3. The lowest BCUT2D eigenvalue weighted by atomic mass is 9.76. The van der Waals surface area contributed by atoms with Gasteiger partial charge in [-0.1, -0.05) is 96.1 Å². The normalized spacial score (nSPS) is 15.2. The molecule has 0 radical (unpaired) electrons. The molecule has 0 aromatic heterocycles. The number of hydrogen-bond donors (Lipinski definition) is 2. The number of nitrogens with one attached hydrogen (secondary N) is 1. The van der Waals surface area contributed by atoms with Gasteiger partial charge < -0.3 is 24.6 Å². The summed E-state index contributed by atoms with van der Waals surface area (Å²) in [5, 5.41) is 29.7. The number of esters is 1. The molecule has 2 N–H and O–H groups in total. The van der Waals surface area contributed by atoms with Gasteiger partial charge in [0.1, 0.15) is 29.3 Å². The van der Waals surface area contributed by atoms with E-state index in [1.807, 2.05) is 0 Å². The van der Waals surface area contributed by atoms with Crippen LogP contribution in [0.15, 0.2) is 97.1 Å². The Morgan fingerprint density at radius 2 is 1.47 bits per heavy atom. The monoisotopic (exact) mass is 957 g/mol. The van der Waals surface area contributed by atoms with Crippen LogP contribution in [-0.4, -0.2) is 72.2 Å². The second-order valence-electron chi connectivity index (χ2n) is 20.6. The number of amides is 4. The molecule has 1 atom stereocenters. The van der Waals surface area contributed by atoms with Crippen molar-refractivity contribution < 1.29 is 43.4 Å². The number of aromatic hydroxyl groups is 1. The van der Waals surface area contributed by atoms with Crippen molar-refractivity contribution in [3.63, 3.8) is 0 Å². The van der Waals surface area contributed by atoms with Crippen LogP contribution in [0.3, 0.4) is 0 Å². The number of nitro benzene ring substituents is 1. The van der Waals surface area contributed by atoms with Gasteiger partial charge >= 0.3 is 12.0 Å². The molecule has 0 saturated carbocycles. The molecule has 4 amide bonds. The van der Waals surface area contributed by atoms with Crippen LogP contribution in [0.4, 0.5) is 21.9 Å². The molecule has 15 nitrogen and oxygen atoms in total. The van der Waals surface area contributed by atoms with Gasteiger partial charge in [-0.05, 0) is 100 Å². The number of hydrogen-bond acceptors (Lipinski definition) is 11. The van der Waals surface area contributed by atoms with E-state index in [4.69, 9.17) is 14.2 Å². The Labute approximate surface area is 410 Å². The van der Waals surface area contributed by atoms with Crippen molar-refractivity contribution in [3.8, 4) is 23.0 Å². The number of imide groups is 1. The van der Waals surface area contributed by atoms with Gasteiger partial charge in [-0.25, -0.2) is 4.79 Å². The van der Waals surface area contributed by atoms with Crippen LogP contribution in [0.1, 0.15) is 116 Å². The molecule has 70 heavy (non-hydrogen) atoms. The lowest BCUT2D eigenvalue weighted by Crippen LogP contribution is -2.50. The fraction of sp³-hybridized carbons (Fsp3) is 0.418. The maximum atomic E-state index is 14.7. The van der Waals surface area contributed by atoms with Gasteiger partial charge in [0.05, 0.1) is 40.4 Å². The lowest BCUT2D eigenvalue weighted by Gasteiger charge is -2.31. The zero-order valence-electron chi connectivity index (χ0n) is 42.3. The SMILES string of the molecule is CCC(C)(C)c1ccc(OCCCCNC(=O)c2cc(Oc3ccc([N+](=O)[O-])cc3N(C)C(=O)N3C(=O)C(C)(COC(=O)C(C)(C)C)CN3c3ccccc3)c3ccccc3c2O)c(C(C)(C)CC)c1. The average Bonchev–Trinajstić information content (AvgIpc) is 3.61. The minimum Gasteiger partial charge on any atom is -0.506 e. The second-order valence-corrected chi connectivity index (χ2v) is 20.6. The Hall–Kier alpha value is -7.16. The number of ether oxygens (including phenoxy) is 3. The number of non-ortho nitro benzene ring substituents is 1. The highest BCUT2D eigenvalue weighted by atomic mass is 16.6. The molecule has 0 bridgehead atoms. The fourth-order valence-electron chi connectivity index (χ4n) is 8.00. The third-order valence-corrected chi connectivity index (χ3v) is 13.4. The largest absolute Gasteiger partial charge is 0.506 e. The van der Waals surface area contributed by atoms with E-state index in [0.29, 0.717) is 35.9 Å². The number of hydrazine groups is 1. The molecule has 1 unspecified atom stereocenters. The van der Waals surface area contributed by atoms with Crippen LogP contribution in [0.25, 0.3) is 10.8 Å². The minimum atomic E-state index is -1.36. The van der Waals surface area contributed by atoms with Crippen molar-refractivity contribution in [2.75, 3.05) is 43.3 Å². The van der Waals surface area contributed by atoms with Crippen molar-refractivity contribution in [3.05, 3.63) is 124 Å². The van der Waals surface area contributed by atoms with Gasteiger partial charge in [-0.2, -0.15) is 5.01 Å². The smallest absolute Gasteiger partial charge is 0.350 e. The van der Waals surface area contributed by atoms with Gasteiger partial charge in [-0.3, -0.25) is 34.4 Å². The summed E-state index contributed by atoms with van der Waals surface area (Å²) in [4.78, 5) is 68.4. The molecule has 1 fully saturated rings.